The van der Waals surface area contributed by atoms with Crippen molar-refractivity contribution < 1.29 is 9.18 Å². The van der Waals surface area contributed by atoms with Crippen LogP contribution in [-0.2, 0) is 6.54 Å². The minimum Gasteiger partial charge on any atom is -0.351 e. The third-order valence-electron chi connectivity index (χ3n) is 6.06. The van der Waals surface area contributed by atoms with Crippen molar-refractivity contribution in [2.24, 2.45) is 0 Å². The molecule has 0 unspecified atom stereocenters. The Morgan fingerprint density at radius 2 is 1.75 bits per heavy atom. The van der Waals surface area contributed by atoms with E-state index in [1.807, 2.05) is 28.8 Å². The lowest BCUT2D eigenvalue weighted by molar-refractivity contribution is 0.0944. The molecule has 32 heavy (non-hydrogen) atoms. The molecule has 1 aliphatic heterocycles. The summed E-state index contributed by atoms with van der Waals surface area (Å²) in [5.41, 5.74) is 2.18. The Balaban J connectivity index is 1.35. The van der Waals surface area contributed by atoms with E-state index in [1.54, 1.807) is 4.57 Å². The van der Waals surface area contributed by atoms with Crippen LogP contribution in [0.15, 0.2) is 53.3 Å². The first-order chi connectivity index (χ1) is 15.6. The minimum atomic E-state index is -0.364. The summed E-state index contributed by atoms with van der Waals surface area (Å²) >= 11 is 0. The monoisotopic (exact) mass is 435 g/mol. The second-order valence-corrected chi connectivity index (χ2v) is 8.04. The number of nitrogens with zero attached hydrogens (tertiary/aromatic N) is 4. The number of carbonyl (C=O) groups is 1. The summed E-state index contributed by atoms with van der Waals surface area (Å²) in [5, 5.41) is 11.8. The van der Waals surface area contributed by atoms with Gasteiger partial charge in [0.1, 0.15) is 5.82 Å². The Labute approximate surface area is 185 Å². The highest BCUT2D eigenvalue weighted by molar-refractivity contribution is 5.94. The quantitative estimate of drug-likeness (QED) is 0.619. The Hall–Kier alpha value is -3.44. The molecule has 4 rings (SSSR count). The van der Waals surface area contributed by atoms with Crippen molar-refractivity contribution in [1.29, 1.82) is 5.26 Å². The van der Waals surface area contributed by atoms with Gasteiger partial charge in [0.15, 0.2) is 0 Å². The standard InChI is InChI=1S/C24H26FN5O2/c25-19-8-6-18(7-9-19)23(31)27-13-17-28-15-10-20(11-16-28)30-22-5-2-1-4-21(22)29(24(30)32)14-3-12-26/h1-2,4-9,20H,3,10-11,13-17H2,(H,27,31). The smallest absolute Gasteiger partial charge is 0.329 e. The predicted molar refractivity (Wildman–Crippen MR) is 120 cm³/mol. The number of likely N-dealkylation sites (tertiary alicyclic amines) is 1. The number of rotatable bonds is 7. The molecule has 3 aromatic rings. The SMILES string of the molecule is N#CCCn1c(=O)n(C2CCN(CCNC(=O)c3ccc(F)cc3)CC2)c2ccccc21. The van der Waals surface area contributed by atoms with Gasteiger partial charge in [-0.05, 0) is 49.2 Å². The summed E-state index contributed by atoms with van der Waals surface area (Å²) in [7, 11) is 0. The molecule has 1 N–H and O–H groups in total. The van der Waals surface area contributed by atoms with Crippen LogP contribution in [0.1, 0.15) is 35.7 Å². The molecule has 1 saturated heterocycles. The highest BCUT2D eigenvalue weighted by atomic mass is 19.1. The lowest BCUT2D eigenvalue weighted by Crippen LogP contribution is -2.41. The highest BCUT2D eigenvalue weighted by Crippen LogP contribution is 2.25. The minimum absolute atomic E-state index is 0.0496. The molecule has 1 fully saturated rings. The highest BCUT2D eigenvalue weighted by Gasteiger charge is 2.25. The number of halogens is 1. The summed E-state index contributed by atoms with van der Waals surface area (Å²) in [4.78, 5) is 27.6. The zero-order valence-electron chi connectivity index (χ0n) is 17.8. The van der Waals surface area contributed by atoms with Crippen molar-refractivity contribution in [1.82, 2.24) is 19.4 Å². The molecule has 166 valence electrons. The molecule has 0 radical (unpaired) electrons. The molecule has 0 atom stereocenters. The largest absolute Gasteiger partial charge is 0.351 e. The van der Waals surface area contributed by atoms with Gasteiger partial charge in [0, 0.05) is 44.3 Å². The van der Waals surface area contributed by atoms with Gasteiger partial charge in [0.25, 0.3) is 5.91 Å². The number of aromatic nitrogens is 2. The van der Waals surface area contributed by atoms with Crippen LogP contribution in [0.3, 0.4) is 0 Å². The number of nitriles is 1. The van der Waals surface area contributed by atoms with E-state index in [2.05, 4.69) is 16.3 Å². The molecule has 8 heteroatoms. The van der Waals surface area contributed by atoms with E-state index in [4.69, 9.17) is 5.26 Å². The van der Waals surface area contributed by atoms with Crippen molar-refractivity contribution in [3.05, 3.63) is 70.4 Å². The Morgan fingerprint density at radius 3 is 2.44 bits per heavy atom. The average Bonchev–Trinajstić information content (AvgIpc) is 3.09. The Bertz CT molecular complexity index is 1180. The summed E-state index contributed by atoms with van der Waals surface area (Å²) in [6.45, 7) is 3.30. The second kappa shape index (κ2) is 9.79. The lowest BCUT2D eigenvalue weighted by Gasteiger charge is -2.32. The van der Waals surface area contributed by atoms with Crippen LogP contribution in [0.4, 0.5) is 4.39 Å². The predicted octanol–water partition coefficient (Wildman–Crippen LogP) is 2.92. The van der Waals surface area contributed by atoms with Gasteiger partial charge < -0.3 is 10.2 Å². The zero-order chi connectivity index (χ0) is 22.5. The van der Waals surface area contributed by atoms with Crippen molar-refractivity contribution in [3.63, 3.8) is 0 Å². The van der Waals surface area contributed by atoms with Crippen LogP contribution < -0.4 is 11.0 Å². The number of aryl methyl sites for hydroxylation is 1. The molecule has 0 saturated carbocycles. The van der Waals surface area contributed by atoms with Gasteiger partial charge in [0.2, 0.25) is 0 Å². The van der Waals surface area contributed by atoms with Gasteiger partial charge in [0.05, 0.1) is 23.5 Å². The fourth-order valence-corrected chi connectivity index (χ4v) is 4.40. The third-order valence-corrected chi connectivity index (χ3v) is 6.06. The molecule has 2 aromatic carbocycles. The summed E-state index contributed by atoms with van der Waals surface area (Å²) in [6, 6.07) is 15.5. The van der Waals surface area contributed by atoms with Gasteiger partial charge >= 0.3 is 5.69 Å². The van der Waals surface area contributed by atoms with Crippen LogP contribution in [0.5, 0.6) is 0 Å². The molecular formula is C24H26FN5O2. The number of para-hydroxylation sites is 2. The first-order valence-corrected chi connectivity index (χ1v) is 10.9. The number of nitrogens with one attached hydrogen (secondary N) is 1. The summed E-state index contributed by atoms with van der Waals surface area (Å²) in [5.74, 6) is -0.576. The lowest BCUT2D eigenvalue weighted by atomic mass is 10.0. The van der Waals surface area contributed by atoms with Crippen molar-refractivity contribution in [2.45, 2.75) is 31.8 Å². The zero-order valence-corrected chi connectivity index (χ0v) is 17.8. The molecule has 0 bridgehead atoms. The molecule has 0 spiro atoms. The van der Waals surface area contributed by atoms with E-state index in [-0.39, 0.29) is 23.5 Å². The van der Waals surface area contributed by atoms with E-state index in [1.165, 1.54) is 24.3 Å². The van der Waals surface area contributed by atoms with Crippen LogP contribution in [0.2, 0.25) is 0 Å². The van der Waals surface area contributed by atoms with Crippen LogP contribution in [0.25, 0.3) is 11.0 Å². The Kier molecular flexibility index (Phi) is 6.66. The first-order valence-electron chi connectivity index (χ1n) is 10.9. The number of benzene rings is 2. The number of fused-ring (bicyclic) bond motifs is 1. The van der Waals surface area contributed by atoms with E-state index in [9.17, 15) is 14.0 Å². The van der Waals surface area contributed by atoms with Gasteiger partial charge in [-0.15, -0.1) is 0 Å². The van der Waals surface area contributed by atoms with Crippen molar-refractivity contribution in [3.8, 4) is 6.07 Å². The molecular weight excluding hydrogens is 409 g/mol. The number of hydrogen-bond donors (Lipinski definition) is 1. The van der Waals surface area contributed by atoms with Gasteiger partial charge in [-0.2, -0.15) is 5.26 Å². The second-order valence-electron chi connectivity index (χ2n) is 8.04. The molecule has 1 amide bonds. The number of hydrogen-bond acceptors (Lipinski definition) is 4. The van der Waals surface area contributed by atoms with Gasteiger partial charge in [-0.3, -0.25) is 13.9 Å². The number of piperidine rings is 1. The molecule has 0 aliphatic carbocycles. The molecule has 2 heterocycles. The van der Waals surface area contributed by atoms with E-state index >= 15 is 0 Å². The topological polar surface area (TPSA) is 83.1 Å². The maximum absolute atomic E-state index is 13.1. The molecule has 7 nitrogen and oxygen atoms in total. The van der Waals surface area contributed by atoms with Gasteiger partial charge in [-0.25, -0.2) is 9.18 Å². The van der Waals surface area contributed by atoms with Crippen molar-refractivity contribution >= 4 is 16.9 Å². The Morgan fingerprint density at radius 1 is 1.06 bits per heavy atom. The number of imidazole rings is 1. The summed E-state index contributed by atoms with van der Waals surface area (Å²) in [6.07, 6.45) is 1.99. The fourth-order valence-electron chi connectivity index (χ4n) is 4.40. The molecule has 1 aliphatic rings. The number of carbonyl (C=O) groups excluding carboxylic acids is 1. The van der Waals surface area contributed by atoms with E-state index in [0.29, 0.717) is 25.1 Å². The molecule has 1 aromatic heterocycles. The first kappa shape index (κ1) is 21.8. The number of amides is 1. The fraction of sp³-hybridized carbons (Fsp3) is 0.375. The van der Waals surface area contributed by atoms with Crippen molar-refractivity contribution in [2.75, 3.05) is 26.2 Å². The maximum atomic E-state index is 13.1. The third kappa shape index (κ3) is 4.58. The summed E-state index contributed by atoms with van der Waals surface area (Å²) < 4.78 is 16.6. The van der Waals surface area contributed by atoms with Crippen LogP contribution in [-0.4, -0.2) is 46.1 Å². The average molecular weight is 436 g/mol. The maximum Gasteiger partial charge on any atom is 0.329 e. The van der Waals surface area contributed by atoms with E-state index in [0.717, 1.165) is 43.5 Å². The van der Waals surface area contributed by atoms with Gasteiger partial charge in [-0.1, -0.05) is 12.1 Å². The van der Waals surface area contributed by atoms with Crippen LogP contribution >= 0.6 is 0 Å². The normalized spacial score (nSPS) is 15.0. The van der Waals surface area contributed by atoms with E-state index < -0.39 is 0 Å². The van der Waals surface area contributed by atoms with Crippen LogP contribution in [0, 0.1) is 17.1 Å².